The lowest BCUT2D eigenvalue weighted by molar-refractivity contribution is -0.119. The number of anilines is 2. The molecule has 0 aliphatic heterocycles. The highest BCUT2D eigenvalue weighted by atomic mass is 16.5. The van der Waals surface area contributed by atoms with Gasteiger partial charge in [0.2, 0.25) is 11.8 Å². The summed E-state index contributed by atoms with van der Waals surface area (Å²) < 4.78 is 5.69. The van der Waals surface area contributed by atoms with Crippen LogP contribution in [0.2, 0.25) is 0 Å². The predicted octanol–water partition coefficient (Wildman–Crippen LogP) is 1.02. The predicted molar refractivity (Wildman–Crippen MR) is 76.4 cm³/mol. The van der Waals surface area contributed by atoms with Gasteiger partial charge in [-0.2, -0.15) is 4.98 Å². The lowest BCUT2D eigenvalue weighted by Gasteiger charge is -2.23. The lowest BCUT2D eigenvalue weighted by atomic mass is 10.2. The first-order chi connectivity index (χ1) is 8.73. The number of nitrogens with zero attached hydrogens (tertiary/aromatic N) is 2. The number of amides is 1. The van der Waals surface area contributed by atoms with Gasteiger partial charge in [0.1, 0.15) is 11.4 Å². The van der Waals surface area contributed by atoms with Crippen LogP contribution in [-0.2, 0) is 4.79 Å². The first kappa shape index (κ1) is 15.1. The number of pyridine rings is 1. The molecule has 1 amide bonds. The first-order valence-corrected chi connectivity index (χ1v) is 6.10. The molecule has 0 atom stereocenters. The smallest absolute Gasteiger partial charge is 0.239 e. The Hall–Kier alpha value is -1.98. The average molecular weight is 266 g/mol. The number of rotatable bonds is 4. The third-order valence-electron chi connectivity index (χ3n) is 2.33. The second-order valence-electron chi connectivity index (χ2n) is 5.31. The molecule has 0 aliphatic rings. The molecule has 0 radical (unpaired) electrons. The molecule has 0 spiro atoms. The van der Waals surface area contributed by atoms with E-state index >= 15 is 0 Å². The number of hydrogen-bond donors (Lipinski definition) is 2. The molecule has 0 aliphatic carbocycles. The molecule has 0 bridgehead atoms. The number of likely N-dealkylation sites (N-methyl/N-ethyl adjacent to an activating group) is 2. The fourth-order valence-electron chi connectivity index (χ4n) is 1.40. The number of ether oxygens (including phenoxy) is 1. The van der Waals surface area contributed by atoms with E-state index < -0.39 is 0 Å². The number of hydrogen-bond acceptors (Lipinski definition) is 5. The molecule has 19 heavy (non-hydrogen) atoms. The lowest BCUT2D eigenvalue weighted by Crippen LogP contribution is -2.33. The van der Waals surface area contributed by atoms with Crippen LogP contribution in [0.3, 0.4) is 0 Å². The maximum atomic E-state index is 11.3. The first-order valence-electron chi connectivity index (χ1n) is 6.10. The van der Waals surface area contributed by atoms with Crippen molar-refractivity contribution in [3.05, 3.63) is 12.1 Å². The summed E-state index contributed by atoms with van der Waals surface area (Å²) >= 11 is 0. The molecule has 1 heterocycles. The molecule has 1 aromatic heterocycles. The van der Waals surface area contributed by atoms with E-state index in [-0.39, 0.29) is 18.1 Å². The van der Waals surface area contributed by atoms with E-state index in [4.69, 9.17) is 10.5 Å². The van der Waals surface area contributed by atoms with Gasteiger partial charge in [-0.25, -0.2) is 0 Å². The van der Waals surface area contributed by atoms with Gasteiger partial charge in [0, 0.05) is 14.1 Å². The molecule has 1 aromatic rings. The van der Waals surface area contributed by atoms with Crippen LogP contribution in [-0.4, -0.2) is 37.1 Å². The van der Waals surface area contributed by atoms with Crippen LogP contribution in [0.1, 0.15) is 20.8 Å². The zero-order valence-corrected chi connectivity index (χ0v) is 12.2. The van der Waals surface area contributed by atoms with Gasteiger partial charge < -0.3 is 20.7 Å². The van der Waals surface area contributed by atoms with Crippen molar-refractivity contribution < 1.29 is 9.53 Å². The van der Waals surface area contributed by atoms with Gasteiger partial charge in [-0.3, -0.25) is 4.79 Å². The van der Waals surface area contributed by atoms with Crippen LogP contribution in [0.5, 0.6) is 5.88 Å². The summed E-state index contributed by atoms with van der Waals surface area (Å²) in [6.07, 6.45) is 0. The normalized spacial score (nSPS) is 11.0. The van der Waals surface area contributed by atoms with Crippen LogP contribution in [0.4, 0.5) is 11.5 Å². The van der Waals surface area contributed by atoms with Gasteiger partial charge in [-0.05, 0) is 32.9 Å². The average Bonchev–Trinajstić information content (AvgIpc) is 2.29. The Labute approximate surface area is 113 Å². The van der Waals surface area contributed by atoms with E-state index in [1.54, 1.807) is 31.1 Å². The topological polar surface area (TPSA) is 80.5 Å². The Morgan fingerprint density at radius 3 is 2.63 bits per heavy atom. The zero-order chi connectivity index (χ0) is 14.6. The Kier molecular flexibility index (Phi) is 4.58. The molecule has 106 valence electrons. The van der Waals surface area contributed by atoms with Crippen LogP contribution in [0.15, 0.2) is 12.1 Å². The molecule has 0 unspecified atom stereocenters. The summed E-state index contributed by atoms with van der Waals surface area (Å²) in [5.74, 6) is 0.935. The van der Waals surface area contributed by atoms with Crippen LogP contribution in [0, 0.1) is 0 Å². The molecule has 1 rings (SSSR count). The Bertz CT molecular complexity index is 454. The van der Waals surface area contributed by atoms with Gasteiger partial charge in [-0.1, -0.05) is 0 Å². The minimum Gasteiger partial charge on any atom is -0.470 e. The molecular formula is C13H22N4O2. The quantitative estimate of drug-likeness (QED) is 0.850. The highest BCUT2D eigenvalue weighted by molar-refractivity contribution is 5.80. The third-order valence-corrected chi connectivity index (χ3v) is 2.33. The number of nitrogen functional groups attached to an aromatic ring is 1. The highest BCUT2D eigenvalue weighted by Crippen LogP contribution is 2.25. The number of carbonyl (C=O) groups is 1. The summed E-state index contributed by atoms with van der Waals surface area (Å²) in [6.45, 7) is 6.00. The molecular weight excluding hydrogens is 244 g/mol. The minimum absolute atomic E-state index is 0.0839. The van der Waals surface area contributed by atoms with Crippen LogP contribution < -0.4 is 20.7 Å². The van der Waals surface area contributed by atoms with Gasteiger partial charge in [0.25, 0.3) is 0 Å². The Morgan fingerprint density at radius 1 is 1.47 bits per heavy atom. The fraction of sp³-hybridized carbons (Fsp3) is 0.538. The maximum absolute atomic E-state index is 11.3. The van der Waals surface area contributed by atoms with Crippen LogP contribution >= 0.6 is 0 Å². The Balaban J connectivity index is 2.92. The third kappa shape index (κ3) is 4.65. The van der Waals surface area contributed by atoms with Crippen molar-refractivity contribution in [1.29, 1.82) is 0 Å². The van der Waals surface area contributed by atoms with E-state index in [1.807, 2.05) is 20.8 Å². The summed E-state index contributed by atoms with van der Waals surface area (Å²) in [6, 6.07) is 3.48. The van der Waals surface area contributed by atoms with E-state index in [0.29, 0.717) is 17.4 Å². The number of nitrogens with one attached hydrogen (secondary N) is 1. The summed E-state index contributed by atoms with van der Waals surface area (Å²) in [4.78, 5) is 17.4. The van der Waals surface area contributed by atoms with E-state index in [0.717, 1.165) is 0 Å². The van der Waals surface area contributed by atoms with Crippen LogP contribution in [0.25, 0.3) is 0 Å². The van der Waals surface area contributed by atoms with Crippen molar-refractivity contribution in [3.63, 3.8) is 0 Å². The molecule has 0 fully saturated rings. The maximum Gasteiger partial charge on any atom is 0.239 e. The van der Waals surface area contributed by atoms with Crippen molar-refractivity contribution >= 4 is 17.4 Å². The van der Waals surface area contributed by atoms with Crippen molar-refractivity contribution in [3.8, 4) is 5.88 Å². The largest absolute Gasteiger partial charge is 0.470 e. The molecule has 0 aromatic carbocycles. The highest BCUT2D eigenvalue weighted by Gasteiger charge is 2.16. The molecule has 0 saturated carbocycles. The summed E-state index contributed by atoms with van der Waals surface area (Å²) in [5.41, 5.74) is 5.94. The second kappa shape index (κ2) is 5.77. The van der Waals surface area contributed by atoms with E-state index in [1.165, 1.54) is 0 Å². The van der Waals surface area contributed by atoms with E-state index in [2.05, 4.69) is 10.3 Å². The fourth-order valence-corrected chi connectivity index (χ4v) is 1.40. The van der Waals surface area contributed by atoms with Gasteiger partial charge in [0.05, 0.1) is 12.2 Å². The van der Waals surface area contributed by atoms with Gasteiger partial charge >= 0.3 is 0 Å². The molecule has 6 nitrogen and oxygen atoms in total. The van der Waals surface area contributed by atoms with Crippen molar-refractivity contribution in [2.45, 2.75) is 26.4 Å². The number of nitrogens with two attached hydrogens (primary N) is 1. The summed E-state index contributed by atoms with van der Waals surface area (Å²) in [7, 11) is 3.38. The Morgan fingerprint density at radius 2 is 2.11 bits per heavy atom. The van der Waals surface area contributed by atoms with E-state index in [9.17, 15) is 4.79 Å². The second-order valence-corrected chi connectivity index (χ2v) is 5.31. The van der Waals surface area contributed by atoms with Crippen molar-refractivity contribution in [1.82, 2.24) is 10.3 Å². The number of aromatic nitrogens is 1. The van der Waals surface area contributed by atoms with Crippen molar-refractivity contribution in [2.75, 3.05) is 31.3 Å². The monoisotopic (exact) mass is 266 g/mol. The standard InChI is InChI=1S/C13H22N4O2/c1-13(2,3)19-12-9(14)6-7-10(16-12)17(5)8-11(18)15-4/h6-7H,8,14H2,1-5H3,(H,15,18). The van der Waals surface area contributed by atoms with Crippen molar-refractivity contribution in [2.24, 2.45) is 0 Å². The minimum atomic E-state index is -0.376. The van der Waals surface area contributed by atoms with Gasteiger partial charge in [-0.15, -0.1) is 0 Å². The zero-order valence-electron chi connectivity index (χ0n) is 12.2. The number of carbonyl (C=O) groups excluding carboxylic acids is 1. The SMILES string of the molecule is CNC(=O)CN(C)c1ccc(N)c(OC(C)(C)C)n1. The molecule has 6 heteroatoms. The summed E-state index contributed by atoms with van der Waals surface area (Å²) in [5, 5.41) is 2.57. The molecule has 0 saturated heterocycles. The molecule has 3 N–H and O–H groups in total. The van der Waals surface area contributed by atoms with Gasteiger partial charge in [0.15, 0.2) is 0 Å².